The van der Waals surface area contributed by atoms with Gasteiger partial charge in [0.1, 0.15) is 12.1 Å². The van der Waals surface area contributed by atoms with Gasteiger partial charge in [-0.1, -0.05) is 69.5 Å². The molecular formula is C38H55BN4O6. The molecule has 1 N–H and O–H groups in total. The zero-order chi connectivity index (χ0) is 34.9. The van der Waals surface area contributed by atoms with E-state index in [0.717, 1.165) is 56.1 Å². The van der Waals surface area contributed by atoms with E-state index < -0.39 is 31.0 Å². The molecule has 5 fully saturated rings. The van der Waals surface area contributed by atoms with E-state index >= 15 is 0 Å². The lowest BCUT2D eigenvalue weighted by atomic mass is 9.43. The molecule has 3 aliphatic heterocycles. The number of fused-ring (bicyclic) bond motifs is 1. The summed E-state index contributed by atoms with van der Waals surface area (Å²) in [7, 11) is 1.12. The minimum atomic E-state index is -0.811. The van der Waals surface area contributed by atoms with Gasteiger partial charge < -0.3 is 29.2 Å². The molecule has 2 saturated heterocycles. The van der Waals surface area contributed by atoms with Gasteiger partial charge in [0.05, 0.1) is 24.2 Å². The second kappa shape index (κ2) is 14.5. The lowest BCUT2D eigenvalue weighted by molar-refractivity contribution is -0.199. The van der Waals surface area contributed by atoms with E-state index in [1.165, 1.54) is 9.80 Å². The van der Waals surface area contributed by atoms with Crippen LogP contribution in [0.4, 0.5) is 9.59 Å². The van der Waals surface area contributed by atoms with Gasteiger partial charge in [0, 0.05) is 33.1 Å². The van der Waals surface area contributed by atoms with Crippen molar-refractivity contribution in [3.63, 3.8) is 0 Å². The number of unbranched alkanes of at least 4 members (excludes halogenated alkanes) is 4. The first-order chi connectivity index (χ1) is 23.5. The number of nitrogens with zero attached hydrogens (tertiary/aromatic N) is 3. The Balaban J connectivity index is 1.15. The van der Waals surface area contributed by atoms with Crippen molar-refractivity contribution in [2.24, 2.45) is 17.3 Å². The Morgan fingerprint density at radius 2 is 1.78 bits per heavy atom. The minimum absolute atomic E-state index is 0.00102. The van der Waals surface area contributed by atoms with E-state index in [1.807, 2.05) is 30.3 Å². The maximum atomic E-state index is 14.3. The Morgan fingerprint density at radius 1 is 1.06 bits per heavy atom. The number of urea groups is 1. The monoisotopic (exact) mass is 674 g/mol. The van der Waals surface area contributed by atoms with E-state index in [9.17, 15) is 14.4 Å². The Morgan fingerprint density at radius 3 is 2.45 bits per heavy atom. The summed E-state index contributed by atoms with van der Waals surface area (Å²) in [5, 5.41) is 3.29. The molecule has 1 unspecified atom stereocenters. The van der Waals surface area contributed by atoms with E-state index in [1.54, 1.807) is 18.0 Å². The molecule has 3 aliphatic carbocycles. The van der Waals surface area contributed by atoms with E-state index in [0.29, 0.717) is 37.9 Å². The Hall–Kier alpha value is -3.31. The van der Waals surface area contributed by atoms with Crippen LogP contribution in [-0.2, 0) is 31.9 Å². The third kappa shape index (κ3) is 7.02. The number of hydrogen-bond acceptors (Lipinski definition) is 6. The molecule has 0 radical (unpaired) electrons. The van der Waals surface area contributed by atoms with Gasteiger partial charge >= 0.3 is 19.2 Å². The third-order valence-electron chi connectivity index (χ3n) is 12.2. The van der Waals surface area contributed by atoms with Crippen LogP contribution in [0.25, 0.3) is 0 Å². The van der Waals surface area contributed by atoms with E-state index in [2.05, 4.69) is 39.2 Å². The van der Waals surface area contributed by atoms with Crippen LogP contribution in [0.3, 0.4) is 0 Å². The topological polar surface area (TPSA) is 101 Å². The van der Waals surface area contributed by atoms with Gasteiger partial charge in [0.15, 0.2) is 0 Å². The first-order valence-electron chi connectivity index (χ1n) is 18.4. The maximum absolute atomic E-state index is 14.3. The molecule has 49 heavy (non-hydrogen) atoms. The van der Waals surface area contributed by atoms with Crippen molar-refractivity contribution in [2.75, 3.05) is 20.1 Å². The lowest BCUT2D eigenvalue weighted by Crippen LogP contribution is -2.65. The van der Waals surface area contributed by atoms with Gasteiger partial charge in [-0.05, 0) is 67.4 Å². The van der Waals surface area contributed by atoms with E-state index in [4.69, 9.17) is 14.0 Å². The summed E-state index contributed by atoms with van der Waals surface area (Å²) in [5.41, 5.74) is 2.01. The number of hydrogen-bond donors (Lipinski definition) is 1. The smallest absolute Gasteiger partial charge is 0.444 e. The predicted molar refractivity (Wildman–Crippen MR) is 189 cm³/mol. The Kier molecular flexibility index (Phi) is 10.5. The molecule has 7 rings (SSSR count). The fraction of sp³-hybridized carbons (Fsp3) is 0.658. The minimum Gasteiger partial charge on any atom is -0.444 e. The van der Waals surface area contributed by atoms with Crippen LogP contribution in [0, 0.1) is 17.3 Å². The fourth-order valence-electron chi connectivity index (χ4n) is 9.15. The van der Waals surface area contributed by atoms with Crippen LogP contribution in [-0.4, -0.2) is 89.8 Å². The first kappa shape index (κ1) is 35.5. The summed E-state index contributed by atoms with van der Waals surface area (Å²) in [6, 6.07) is 6.85. The zero-order valence-electron chi connectivity index (χ0n) is 29.9. The number of amides is 4. The number of rotatable bonds is 13. The van der Waals surface area contributed by atoms with Gasteiger partial charge in [-0.15, -0.1) is 13.2 Å². The van der Waals surface area contributed by atoms with Gasteiger partial charge in [-0.25, -0.2) is 9.59 Å². The lowest BCUT2D eigenvalue weighted by Gasteiger charge is -2.64. The highest BCUT2D eigenvalue weighted by Crippen LogP contribution is 2.65. The highest BCUT2D eigenvalue weighted by Gasteiger charge is 2.68. The van der Waals surface area contributed by atoms with Crippen LogP contribution < -0.4 is 5.32 Å². The maximum Gasteiger partial charge on any atom is 0.481 e. The van der Waals surface area contributed by atoms with Gasteiger partial charge in [-0.3, -0.25) is 9.69 Å². The largest absolute Gasteiger partial charge is 0.481 e. The van der Waals surface area contributed by atoms with Crippen molar-refractivity contribution in [1.82, 2.24) is 20.0 Å². The molecule has 7 atom stereocenters. The van der Waals surface area contributed by atoms with Crippen LogP contribution in [0.15, 0.2) is 49.6 Å². The predicted octanol–water partition coefficient (Wildman–Crippen LogP) is 6.10. The van der Waals surface area contributed by atoms with Crippen molar-refractivity contribution in [3.8, 4) is 0 Å². The summed E-state index contributed by atoms with van der Waals surface area (Å²) in [6.07, 6.45) is 10.7. The number of allylic oxidation sites excluding steroid dienone is 1. The molecule has 1 aromatic carbocycles. The van der Waals surface area contributed by atoms with E-state index in [-0.39, 0.29) is 42.4 Å². The van der Waals surface area contributed by atoms with Crippen molar-refractivity contribution in [1.29, 1.82) is 0 Å². The molecule has 6 aliphatic rings. The van der Waals surface area contributed by atoms with Gasteiger partial charge in [0.25, 0.3) is 0 Å². The molecule has 0 spiro atoms. The molecule has 3 heterocycles. The van der Waals surface area contributed by atoms with Crippen LogP contribution >= 0.6 is 0 Å². The second-order valence-corrected chi connectivity index (χ2v) is 15.7. The molecule has 0 aromatic heterocycles. The zero-order valence-corrected chi connectivity index (χ0v) is 29.9. The Bertz CT molecular complexity index is 1400. The Labute approximate surface area is 292 Å². The fourth-order valence-corrected chi connectivity index (χ4v) is 9.15. The van der Waals surface area contributed by atoms with Gasteiger partial charge in [0.2, 0.25) is 5.91 Å². The summed E-state index contributed by atoms with van der Waals surface area (Å²) in [6.45, 7) is 15.9. The summed E-state index contributed by atoms with van der Waals surface area (Å²) in [4.78, 5) is 45.9. The van der Waals surface area contributed by atoms with Crippen LogP contribution in [0.5, 0.6) is 0 Å². The molecule has 3 saturated carbocycles. The van der Waals surface area contributed by atoms with Crippen molar-refractivity contribution in [2.45, 2.75) is 121 Å². The number of benzene rings is 1. The number of carbonyl (C=O) groups excluding carboxylic acids is 3. The quantitative estimate of drug-likeness (QED) is 0.154. The highest BCUT2D eigenvalue weighted by atomic mass is 16.7. The first-order valence-corrected chi connectivity index (χ1v) is 18.4. The number of likely N-dealkylation sites (N-methyl/N-ethyl adjacent to an activating group) is 1. The number of nitrogens with one attached hydrogen (secondary N) is 1. The van der Waals surface area contributed by atoms with Crippen LogP contribution in [0.1, 0.15) is 89.7 Å². The average Bonchev–Trinajstić information content (AvgIpc) is 3.80. The van der Waals surface area contributed by atoms with Crippen LogP contribution in [0.2, 0.25) is 0 Å². The third-order valence-corrected chi connectivity index (χ3v) is 12.2. The molecule has 11 heteroatoms. The number of ether oxygens (including phenoxy) is 1. The average molecular weight is 675 g/mol. The highest BCUT2D eigenvalue weighted by molar-refractivity contribution is 6.47. The SMILES string of the molecule is C=CCCCCCC[C@H](NC(=O)[C@@H]1C[C@@H](OC(=O)N2Cc3ccccc3C2)CN1C(=O)N(C)CC=C)B1OC2C[C@H]3C[C@H](C3(C)C)[C@@]2(C)O1. The number of likely N-dealkylation sites (tertiary alicyclic amines) is 1. The van der Waals surface area contributed by atoms with Crippen molar-refractivity contribution in [3.05, 3.63) is 60.7 Å². The second-order valence-electron chi connectivity index (χ2n) is 15.7. The molecule has 4 amide bonds. The molecular weight excluding hydrogens is 619 g/mol. The summed E-state index contributed by atoms with van der Waals surface area (Å²) in [5.74, 6) is 0.380. The molecule has 1 aromatic rings. The molecule has 2 bridgehead atoms. The summed E-state index contributed by atoms with van der Waals surface area (Å²) < 4.78 is 19.5. The normalized spacial score (nSPS) is 29.8. The standard InChI is InChI=1S/C38H55BN4O6/c1-7-9-10-11-12-13-18-33(39-48-32-21-28-20-31(37(28,3)4)38(32,5)49-39)40-34(44)30-22-29(25-43(30)35(45)41(6)19-8-2)47-36(46)42-23-26-16-14-15-17-27(26)24-42/h7-8,14-17,28-33H,1-2,9-13,18-25H2,3-6H3,(H,40,44)/t28-,29-,30+,31-,32?,33+,38-/m1/s1. The summed E-state index contributed by atoms with van der Waals surface area (Å²) >= 11 is 0. The molecule has 10 nitrogen and oxygen atoms in total. The van der Waals surface area contributed by atoms with Gasteiger partial charge in [-0.2, -0.15) is 0 Å². The number of carbonyl (C=O) groups is 3. The van der Waals surface area contributed by atoms with Crippen molar-refractivity contribution >= 4 is 25.1 Å². The van der Waals surface area contributed by atoms with Crippen molar-refractivity contribution < 1.29 is 28.4 Å². The molecule has 266 valence electrons.